The van der Waals surface area contributed by atoms with E-state index in [9.17, 15) is 0 Å². The van der Waals surface area contributed by atoms with E-state index < -0.39 is 0 Å². The number of rotatable bonds is 5. The van der Waals surface area contributed by atoms with Crippen LogP contribution in [0.5, 0.6) is 0 Å². The Bertz CT molecular complexity index is 245. The van der Waals surface area contributed by atoms with Crippen molar-refractivity contribution in [1.82, 2.24) is 10.3 Å². The molecule has 1 heterocycles. The van der Waals surface area contributed by atoms with Gasteiger partial charge in [-0.2, -0.15) is 0 Å². The summed E-state index contributed by atoms with van der Waals surface area (Å²) >= 11 is 1.74. The predicted octanol–water partition coefficient (Wildman–Crippen LogP) is 1.71. The van der Waals surface area contributed by atoms with Crippen LogP contribution in [0, 0.1) is 0 Å². The van der Waals surface area contributed by atoms with E-state index in [4.69, 9.17) is 0 Å². The van der Waals surface area contributed by atoms with Crippen molar-refractivity contribution >= 4 is 16.5 Å². The quantitative estimate of drug-likeness (QED) is 0.732. The van der Waals surface area contributed by atoms with Gasteiger partial charge in [0.25, 0.3) is 0 Å². The second-order valence-electron chi connectivity index (χ2n) is 3.18. The molecule has 1 aromatic rings. The SMILES string of the molecule is CCCNCc1cnc(N(C)C)s1. The monoisotopic (exact) mass is 199 g/mol. The van der Waals surface area contributed by atoms with Gasteiger partial charge in [-0.1, -0.05) is 6.92 Å². The van der Waals surface area contributed by atoms with Gasteiger partial charge in [0.1, 0.15) is 0 Å². The number of aromatic nitrogens is 1. The number of nitrogens with one attached hydrogen (secondary N) is 1. The molecular formula is C9H17N3S. The normalized spacial score (nSPS) is 10.4. The molecule has 0 amide bonds. The predicted molar refractivity (Wildman–Crippen MR) is 58.4 cm³/mol. The van der Waals surface area contributed by atoms with Gasteiger partial charge in [0, 0.05) is 31.7 Å². The van der Waals surface area contributed by atoms with Crippen molar-refractivity contribution in [3.05, 3.63) is 11.1 Å². The first-order valence-corrected chi connectivity index (χ1v) is 5.38. The van der Waals surface area contributed by atoms with Crippen LogP contribution in [0.2, 0.25) is 0 Å². The molecule has 0 aliphatic rings. The summed E-state index contributed by atoms with van der Waals surface area (Å²) in [7, 11) is 4.03. The van der Waals surface area contributed by atoms with Crippen LogP contribution in [0.25, 0.3) is 0 Å². The molecule has 0 spiro atoms. The third kappa shape index (κ3) is 3.32. The molecule has 0 aromatic carbocycles. The van der Waals surface area contributed by atoms with Crippen LogP contribution in [0.15, 0.2) is 6.20 Å². The molecule has 0 fully saturated rings. The van der Waals surface area contributed by atoms with Crippen LogP contribution >= 0.6 is 11.3 Å². The van der Waals surface area contributed by atoms with Crippen LogP contribution in [0.4, 0.5) is 5.13 Å². The summed E-state index contributed by atoms with van der Waals surface area (Å²) in [6.07, 6.45) is 3.13. The molecule has 1 aromatic heterocycles. The zero-order valence-corrected chi connectivity index (χ0v) is 9.32. The highest BCUT2D eigenvalue weighted by atomic mass is 32.1. The molecule has 4 heteroatoms. The van der Waals surface area contributed by atoms with E-state index >= 15 is 0 Å². The Labute approximate surface area is 83.8 Å². The largest absolute Gasteiger partial charge is 0.354 e. The third-order valence-corrected chi connectivity index (χ3v) is 2.82. The lowest BCUT2D eigenvalue weighted by Gasteiger charge is -2.05. The fourth-order valence-electron chi connectivity index (χ4n) is 0.974. The molecule has 0 aliphatic carbocycles. The molecule has 3 nitrogen and oxygen atoms in total. The maximum absolute atomic E-state index is 4.30. The van der Waals surface area contributed by atoms with Gasteiger partial charge >= 0.3 is 0 Å². The van der Waals surface area contributed by atoms with Crippen LogP contribution in [0.3, 0.4) is 0 Å². The maximum Gasteiger partial charge on any atom is 0.185 e. The maximum atomic E-state index is 4.30. The number of anilines is 1. The van der Waals surface area contributed by atoms with Gasteiger partial charge < -0.3 is 10.2 Å². The summed E-state index contributed by atoms with van der Waals surface area (Å²) in [4.78, 5) is 7.64. The van der Waals surface area contributed by atoms with Gasteiger partial charge in [-0.05, 0) is 13.0 Å². The first kappa shape index (κ1) is 10.5. The fraction of sp³-hybridized carbons (Fsp3) is 0.667. The molecular weight excluding hydrogens is 182 g/mol. The Morgan fingerprint density at radius 1 is 1.54 bits per heavy atom. The minimum Gasteiger partial charge on any atom is -0.354 e. The molecule has 0 radical (unpaired) electrons. The van der Waals surface area contributed by atoms with Gasteiger partial charge in [-0.3, -0.25) is 0 Å². The average Bonchev–Trinajstić information content (AvgIpc) is 2.53. The van der Waals surface area contributed by atoms with Crippen molar-refractivity contribution in [3.8, 4) is 0 Å². The lowest BCUT2D eigenvalue weighted by molar-refractivity contribution is 0.681. The standard InChI is InChI=1S/C9H17N3S/c1-4-5-10-6-8-7-11-9(13-8)12(2)3/h7,10H,4-6H2,1-3H3. The fourth-order valence-corrected chi connectivity index (χ4v) is 1.78. The minimum absolute atomic E-state index is 0.944. The Hall–Kier alpha value is -0.610. The summed E-state index contributed by atoms with van der Waals surface area (Å²) in [6, 6.07) is 0. The summed E-state index contributed by atoms with van der Waals surface area (Å²) in [6.45, 7) is 4.19. The zero-order chi connectivity index (χ0) is 9.68. The van der Waals surface area contributed by atoms with Crippen LogP contribution in [-0.4, -0.2) is 25.6 Å². The van der Waals surface area contributed by atoms with E-state index in [2.05, 4.69) is 17.2 Å². The highest BCUT2D eigenvalue weighted by Crippen LogP contribution is 2.19. The molecule has 13 heavy (non-hydrogen) atoms. The number of hydrogen-bond donors (Lipinski definition) is 1. The third-order valence-electron chi connectivity index (χ3n) is 1.65. The van der Waals surface area contributed by atoms with E-state index in [1.807, 2.05) is 25.2 Å². The van der Waals surface area contributed by atoms with Gasteiger partial charge in [0.2, 0.25) is 0 Å². The van der Waals surface area contributed by atoms with E-state index in [0.717, 1.165) is 18.2 Å². The van der Waals surface area contributed by atoms with Crippen LogP contribution in [-0.2, 0) is 6.54 Å². The summed E-state index contributed by atoms with van der Waals surface area (Å²) in [5.41, 5.74) is 0. The van der Waals surface area contributed by atoms with Crippen molar-refractivity contribution in [2.24, 2.45) is 0 Å². The van der Waals surface area contributed by atoms with E-state index in [-0.39, 0.29) is 0 Å². The van der Waals surface area contributed by atoms with Crippen molar-refractivity contribution in [3.63, 3.8) is 0 Å². The zero-order valence-electron chi connectivity index (χ0n) is 8.50. The smallest absolute Gasteiger partial charge is 0.185 e. The minimum atomic E-state index is 0.944. The summed E-state index contributed by atoms with van der Waals surface area (Å²) in [5.74, 6) is 0. The first-order chi connectivity index (χ1) is 6.24. The van der Waals surface area contributed by atoms with E-state index in [0.29, 0.717) is 0 Å². The van der Waals surface area contributed by atoms with E-state index in [1.165, 1.54) is 11.3 Å². The molecule has 0 aliphatic heterocycles. The molecule has 1 N–H and O–H groups in total. The van der Waals surface area contributed by atoms with Crippen LogP contribution in [0.1, 0.15) is 18.2 Å². The van der Waals surface area contributed by atoms with Crippen molar-refractivity contribution < 1.29 is 0 Å². The molecule has 0 saturated heterocycles. The summed E-state index contributed by atoms with van der Waals surface area (Å²) < 4.78 is 0. The highest BCUT2D eigenvalue weighted by molar-refractivity contribution is 7.15. The lowest BCUT2D eigenvalue weighted by atomic mass is 10.4. The van der Waals surface area contributed by atoms with Gasteiger partial charge in [0.15, 0.2) is 5.13 Å². The number of hydrogen-bond acceptors (Lipinski definition) is 4. The van der Waals surface area contributed by atoms with Crippen molar-refractivity contribution in [2.45, 2.75) is 19.9 Å². The highest BCUT2D eigenvalue weighted by Gasteiger charge is 2.01. The van der Waals surface area contributed by atoms with Gasteiger partial charge in [-0.15, -0.1) is 11.3 Å². The topological polar surface area (TPSA) is 28.2 Å². The molecule has 0 atom stereocenters. The van der Waals surface area contributed by atoms with Crippen LogP contribution < -0.4 is 10.2 Å². The van der Waals surface area contributed by atoms with Gasteiger partial charge in [-0.25, -0.2) is 4.98 Å². The molecule has 0 saturated carbocycles. The lowest BCUT2D eigenvalue weighted by Crippen LogP contribution is -2.12. The number of thiazole rings is 1. The summed E-state index contributed by atoms with van der Waals surface area (Å²) in [5, 5.41) is 4.43. The van der Waals surface area contributed by atoms with Crippen molar-refractivity contribution in [2.75, 3.05) is 25.5 Å². The Morgan fingerprint density at radius 3 is 2.85 bits per heavy atom. The van der Waals surface area contributed by atoms with Gasteiger partial charge in [0.05, 0.1) is 0 Å². The second-order valence-corrected chi connectivity index (χ2v) is 4.27. The second kappa shape index (κ2) is 5.19. The Morgan fingerprint density at radius 2 is 2.31 bits per heavy atom. The van der Waals surface area contributed by atoms with E-state index in [1.54, 1.807) is 11.3 Å². The molecule has 0 unspecified atom stereocenters. The molecule has 74 valence electrons. The number of nitrogens with zero attached hydrogens (tertiary/aromatic N) is 2. The Balaban J connectivity index is 2.40. The van der Waals surface area contributed by atoms with Crippen molar-refractivity contribution in [1.29, 1.82) is 0 Å². The molecule has 0 bridgehead atoms. The average molecular weight is 199 g/mol. The Kier molecular flexibility index (Phi) is 4.18. The first-order valence-electron chi connectivity index (χ1n) is 4.56. The molecule has 1 rings (SSSR count).